The van der Waals surface area contributed by atoms with Crippen molar-refractivity contribution in [2.75, 3.05) is 0 Å². The van der Waals surface area contributed by atoms with Gasteiger partial charge in [-0.3, -0.25) is 0 Å². The maximum absolute atomic E-state index is 3.67. The Balaban J connectivity index is 1.18. The lowest BCUT2D eigenvalue weighted by Crippen LogP contribution is -2.55. The Hall–Kier alpha value is -3.84. The van der Waals surface area contributed by atoms with Gasteiger partial charge in [-0.2, -0.15) is 0 Å². The summed E-state index contributed by atoms with van der Waals surface area (Å²) in [5.74, 6) is 3.59. The van der Waals surface area contributed by atoms with Gasteiger partial charge in [0, 0.05) is 27.2 Å². The predicted octanol–water partition coefficient (Wildman–Crippen LogP) is 9.86. The highest BCUT2D eigenvalue weighted by molar-refractivity contribution is 6.20. The van der Waals surface area contributed by atoms with E-state index in [1.165, 1.54) is 86.9 Å². The second-order valence-corrected chi connectivity index (χ2v) is 13.1. The van der Waals surface area contributed by atoms with E-state index in [1.54, 1.807) is 11.1 Å². The molecule has 5 aliphatic carbocycles. The summed E-state index contributed by atoms with van der Waals surface area (Å²) in [6.45, 7) is 0. The number of benzene rings is 5. The number of aromatic amines is 1. The number of nitrogens with one attached hydrogen (secondary N) is 1. The van der Waals surface area contributed by atoms with Gasteiger partial charge in [-0.05, 0) is 124 Å². The van der Waals surface area contributed by atoms with E-state index in [0.29, 0.717) is 0 Å². The quantitative estimate of drug-likeness (QED) is 0.231. The zero-order chi connectivity index (χ0) is 25.3. The van der Waals surface area contributed by atoms with Crippen LogP contribution in [0.4, 0.5) is 0 Å². The van der Waals surface area contributed by atoms with Crippen molar-refractivity contribution in [3.63, 3.8) is 0 Å². The molecule has 0 saturated heterocycles. The van der Waals surface area contributed by atoms with Crippen molar-refractivity contribution in [1.29, 1.82) is 0 Å². The molecule has 39 heavy (non-hydrogen) atoms. The number of aromatic nitrogens is 1. The van der Waals surface area contributed by atoms with Crippen LogP contribution in [0.2, 0.25) is 0 Å². The van der Waals surface area contributed by atoms with Crippen molar-refractivity contribution in [2.45, 2.75) is 37.5 Å². The predicted molar refractivity (Wildman–Crippen MR) is 162 cm³/mol. The van der Waals surface area contributed by atoms with Gasteiger partial charge < -0.3 is 4.98 Å². The van der Waals surface area contributed by atoms with Crippen LogP contribution < -0.4 is 0 Å². The molecule has 1 aromatic heterocycles. The lowest BCUT2D eigenvalue weighted by molar-refractivity contribution is -0.0399. The minimum Gasteiger partial charge on any atom is -0.354 e. The van der Waals surface area contributed by atoms with Crippen molar-refractivity contribution in [3.8, 4) is 22.3 Å². The van der Waals surface area contributed by atoms with Crippen LogP contribution in [-0.4, -0.2) is 4.98 Å². The molecule has 0 radical (unpaired) electrons. The van der Waals surface area contributed by atoms with Crippen LogP contribution >= 0.6 is 0 Å². The summed E-state index contributed by atoms with van der Waals surface area (Å²) >= 11 is 0. The molecule has 1 heterocycles. The van der Waals surface area contributed by atoms with Crippen molar-refractivity contribution in [3.05, 3.63) is 108 Å². The van der Waals surface area contributed by atoms with E-state index in [9.17, 15) is 0 Å². The van der Waals surface area contributed by atoms with Crippen molar-refractivity contribution < 1.29 is 0 Å². The van der Waals surface area contributed by atoms with Crippen LogP contribution in [0.5, 0.6) is 0 Å². The van der Waals surface area contributed by atoms with E-state index in [2.05, 4.69) is 102 Å². The van der Waals surface area contributed by atoms with Crippen LogP contribution in [0.3, 0.4) is 0 Å². The Bertz CT molecular complexity index is 1960. The minimum absolute atomic E-state index is 0.248. The lowest BCUT2D eigenvalue weighted by Gasteiger charge is -2.61. The molecule has 1 heteroatoms. The fourth-order valence-electron chi connectivity index (χ4n) is 10.2. The minimum atomic E-state index is 0.248. The van der Waals surface area contributed by atoms with E-state index >= 15 is 0 Å². The average Bonchev–Trinajstić information content (AvgIpc) is 3.49. The van der Waals surface area contributed by atoms with Crippen molar-refractivity contribution in [1.82, 2.24) is 4.98 Å². The first-order valence-corrected chi connectivity index (χ1v) is 15.0. The van der Waals surface area contributed by atoms with Crippen LogP contribution in [0.25, 0.3) is 54.8 Å². The molecule has 4 bridgehead atoms. The number of H-pyrrole nitrogens is 1. The highest BCUT2D eigenvalue weighted by atomic mass is 14.7. The summed E-state index contributed by atoms with van der Waals surface area (Å²) in [5.41, 5.74) is 11.6. The number of hydrogen-bond donors (Lipinski definition) is 1. The Morgan fingerprint density at radius 3 is 2.10 bits per heavy atom. The van der Waals surface area contributed by atoms with Crippen LogP contribution in [0.1, 0.15) is 43.2 Å². The molecule has 0 unspecified atom stereocenters. The summed E-state index contributed by atoms with van der Waals surface area (Å²) in [4.78, 5) is 3.67. The van der Waals surface area contributed by atoms with Crippen molar-refractivity contribution >= 4 is 32.6 Å². The third-order valence-electron chi connectivity index (χ3n) is 11.4. The molecular formula is C38H31N. The molecule has 0 amide bonds. The summed E-state index contributed by atoms with van der Waals surface area (Å²) < 4.78 is 0. The SMILES string of the molecule is c1ccc2c(c1)-c1cc(-c3ccc4[nH]c5ccc6ccccc6c5c4c3)ccc1C21C2CC3CC(C2)CC1C3. The van der Waals surface area contributed by atoms with Crippen LogP contribution in [0.15, 0.2) is 97.1 Å². The largest absolute Gasteiger partial charge is 0.354 e. The Morgan fingerprint density at radius 1 is 0.538 bits per heavy atom. The summed E-state index contributed by atoms with van der Waals surface area (Å²) in [7, 11) is 0. The molecule has 1 nitrogen and oxygen atoms in total. The van der Waals surface area contributed by atoms with E-state index in [1.807, 2.05) is 0 Å². The first kappa shape index (κ1) is 21.0. The zero-order valence-corrected chi connectivity index (χ0v) is 22.1. The average molecular weight is 502 g/mol. The molecule has 188 valence electrons. The molecule has 1 N–H and O–H groups in total. The Morgan fingerprint density at radius 2 is 1.23 bits per heavy atom. The Kier molecular flexibility index (Phi) is 3.89. The lowest BCUT2D eigenvalue weighted by atomic mass is 9.43. The number of rotatable bonds is 1. The molecule has 0 atom stereocenters. The van der Waals surface area contributed by atoms with Gasteiger partial charge >= 0.3 is 0 Å². The van der Waals surface area contributed by atoms with Gasteiger partial charge in [0.25, 0.3) is 0 Å². The maximum atomic E-state index is 3.67. The van der Waals surface area contributed by atoms with Gasteiger partial charge in [0.05, 0.1) is 0 Å². The molecular weight excluding hydrogens is 470 g/mol. The van der Waals surface area contributed by atoms with E-state index in [-0.39, 0.29) is 5.41 Å². The van der Waals surface area contributed by atoms with Gasteiger partial charge in [0.15, 0.2) is 0 Å². The zero-order valence-electron chi connectivity index (χ0n) is 22.1. The van der Waals surface area contributed by atoms with Gasteiger partial charge in [-0.15, -0.1) is 0 Å². The fraction of sp³-hybridized carbons (Fsp3) is 0.263. The van der Waals surface area contributed by atoms with E-state index < -0.39 is 0 Å². The third-order valence-corrected chi connectivity index (χ3v) is 11.4. The summed E-state index contributed by atoms with van der Waals surface area (Å²) in [6.07, 6.45) is 7.25. The van der Waals surface area contributed by atoms with Crippen LogP contribution in [-0.2, 0) is 5.41 Å². The molecule has 1 spiro atoms. The highest BCUT2D eigenvalue weighted by Gasteiger charge is 2.61. The molecule has 4 saturated carbocycles. The number of fused-ring (bicyclic) bond motifs is 8. The first-order valence-electron chi connectivity index (χ1n) is 15.0. The standard InChI is InChI=1S/C38H31N/c1-2-6-29-24(5-1)10-14-36-37(29)32-21-26(11-13-35(32)39-36)25-9-12-34-31(20-25)30-7-3-4-8-33(30)38(34)27-16-22-15-23(18-27)19-28(38)17-22/h1-14,20-23,27-28,39H,15-19H2. The smallest absolute Gasteiger partial charge is 0.0471 e. The van der Waals surface area contributed by atoms with Crippen LogP contribution in [0, 0.1) is 23.7 Å². The third kappa shape index (κ3) is 2.57. The Labute approximate surface area is 228 Å². The monoisotopic (exact) mass is 501 g/mol. The van der Waals surface area contributed by atoms with Gasteiger partial charge in [0.2, 0.25) is 0 Å². The second-order valence-electron chi connectivity index (χ2n) is 13.1. The molecule has 0 aliphatic heterocycles. The fourth-order valence-corrected chi connectivity index (χ4v) is 10.2. The van der Waals surface area contributed by atoms with E-state index in [4.69, 9.17) is 0 Å². The maximum Gasteiger partial charge on any atom is 0.0471 e. The topological polar surface area (TPSA) is 15.8 Å². The summed E-state index contributed by atoms with van der Waals surface area (Å²) in [6, 6.07) is 37.2. The number of hydrogen-bond acceptors (Lipinski definition) is 0. The van der Waals surface area contributed by atoms with Gasteiger partial charge in [-0.25, -0.2) is 0 Å². The molecule has 5 aromatic carbocycles. The summed E-state index contributed by atoms with van der Waals surface area (Å²) in [5, 5.41) is 5.28. The van der Waals surface area contributed by atoms with Gasteiger partial charge in [0.1, 0.15) is 0 Å². The highest BCUT2D eigenvalue weighted by Crippen LogP contribution is 2.69. The molecule has 5 aliphatic rings. The molecule has 11 rings (SSSR count). The van der Waals surface area contributed by atoms with Crippen molar-refractivity contribution in [2.24, 2.45) is 23.7 Å². The normalized spacial score (nSPS) is 28.1. The molecule has 4 fully saturated rings. The van der Waals surface area contributed by atoms with E-state index in [0.717, 1.165) is 23.7 Å². The van der Waals surface area contributed by atoms with Gasteiger partial charge in [-0.1, -0.05) is 72.8 Å². The molecule has 6 aromatic rings. The second kappa shape index (κ2) is 7.21. The first-order chi connectivity index (χ1) is 19.3.